The van der Waals surface area contributed by atoms with Crippen molar-refractivity contribution in [2.75, 3.05) is 37.9 Å². The molecule has 31 heavy (non-hydrogen) atoms. The van der Waals surface area contributed by atoms with Crippen molar-refractivity contribution in [1.29, 1.82) is 0 Å². The highest BCUT2D eigenvalue weighted by atomic mass is 19.1. The minimum atomic E-state index is -0.771. The molecule has 5 N–H and O–H groups in total. The van der Waals surface area contributed by atoms with E-state index in [0.717, 1.165) is 5.56 Å². The lowest BCUT2D eigenvalue weighted by Crippen LogP contribution is -2.37. The van der Waals surface area contributed by atoms with Crippen LogP contribution >= 0.6 is 0 Å². The van der Waals surface area contributed by atoms with Crippen LogP contribution in [-0.4, -0.2) is 58.0 Å². The average Bonchev–Trinajstić information content (AvgIpc) is 2.78. The van der Waals surface area contributed by atoms with E-state index in [2.05, 4.69) is 14.9 Å². The summed E-state index contributed by atoms with van der Waals surface area (Å²) in [5.41, 5.74) is 8.33. The number of nitrogens with zero attached hydrogens (tertiary/aromatic N) is 5. The molecule has 0 spiro atoms. The molecule has 0 saturated carbocycles. The first kappa shape index (κ1) is 20.8. The van der Waals surface area contributed by atoms with E-state index in [1.165, 1.54) is 11.2 Å². The van der Waals surface area contributed by atoms with Crippen LogP contribution < -0.4 is 16.5 Å². The summed E-state index contributed by atoms with van der Waals surface area (Å²) in [6.45, 7) is 2.11. The van der Waals surface area contributed by atoms with Gasteiger partial charge in [0.25, 0.3) is 0 Å². The van der Waals surface area contributed by atoms with Gasteiger partial charge in [-0.3, -0.25) is 4.98 Å². The maximum atomic E-state index is 12.6. The Morgan fingerprint density at radius 3 is 2.81 bits per heavy atom. The van der Waals surface area contributed by atoms with E-state index in [9.17, 15) is 9.50 Å². The van der Waals surface area contributed by atoms with Crippen molar-refractivity contribution >= 4 is 16.9 Å². The fraction of sp³-hybridized carbons (Fsp3) is 0.286. The number of aromatic nitrogens is 3. The first-order valence-corrected chi connectivity index (χ1v) is 9.85. The zero-order valence-electron chi connectivity index (χ0n) is 16.9. The van der Waals surface area contributed by atoms with E-state index in [1.807, 2.05) is 12.1 Å². The molecule has 3 aromatic rings. The number of phenols is 1. The molecule has 9 nitrogen and oxygen atoms in total. The molecule has 0 atom stereocenters. The number of rotatable bonds is 6. The second-order valence-corrected chi connectivity index (χ2v) is 7.24. The number of fused-ring (bicyclic) bond motifs is 1. The number of pyridine rings is 1. The zero-order chi connectivity index (χ0) is 21.8. The number of phenolic OH excluding ortho intramolecular Hbond substituents is 1. The van der Waals surface area contributed by atoms with E-state index in [-0.39, 0.29) is 18.0 Å². The lowest BCUT2D eigenvalue weighted by molar-refractivity contribution is 0.122. The topological polar surface area (TPSA) is 127 Å². The first-order chi connectivity index (χ1) is 15.0. The molecular weight excluding hydrogens is 401 g/mol. The molecule has 3 heterocycles. The largest absolute Gasteiger partial charge is 0.508 e. The third-order valence-electron chi connectivity index (χ3n) is 4.84. The van der Waals surface area contributed by atoms with Crippen LogP contribution in [0.1, 0.15) is 5.56 Å². The number of morpholine rings is 1. The lowest BCUT2D eigenvalue weighted by Gasteiger charge is -2.28. The molecule has 162 valence electrons. The molecule has 1 saturated heterocycles. The summed E-state index contributed by atoms with van der Waals surface area (Å²) in [6.07, 6.45) is 3.05. The molecule has 1 aliphatic heterocycles. The van der Waals surface area contributed by atoms with E-state index >= 15 is 0 Å². The number of hydrogen-bond acceptors (Lipinski definition) is 9. The highest BCUT2D eigenvalue weighted by molar-refractivity contribution is 5.88. The zero-order valence-corrected chi connectivity index (χ0v) is 16.9. The van der Waals surface area contributed by atoms with Crippen LogP contribution in [0, 0.1) is 0 Å². The van der Waals surface area contributed by atoms with Crippen LogP contribution in [0.2, 0.25) is 0 Å². The van der Waals surface area contributed by atoms with Crippen LogP contribution in [0.15, 0.2) is 48.4 Å². The van der Waals surface area contributed by atoms with Crippen LogP contribution in [-0.2, 0) is 11.3 Å². The van der Waals surface area contributed by atoms with Gasteiger partial charge in [-0.25, -0.2) is 20.2 Å². The summed E-state index contributed by atoms with van der Waals surface area (Å²) in [5, 5.41) is 11.2. The summed E-state index contributed by atoms with van der Waals surface area (Å²) in [6, 6.07) is 8.68. The molecule has 10 heteroatoms. The van der Waals surface area contributed by atoms with Crippen molar-refractivity contribution in [3.63, 3.8) is 0 Å². The second-order valence-electron chi connectivity index (χ2n) is 7.24. The molecule has 1 aliphatic rings. The molecule has 0 unspecified atom stereocenters. The van der Waals surface area contributed by atoms with Gasteiger partial charge in [-0.15, -0.1) is 0 Å². The Hall–Kier alpha value is -3.50. The number of anilines is 1. The standard InChI is InChI=1S/C21H24FN7O2/c22-10-16(23)13-29(24)12-14-8-18-19(25-11-14)21(28-4-6-31-7-5-28)27-20(26-18)15-2-1-3-17(30)9-15/h1-3,8-9,11,13,30H,4-7,10,12,23-24H2/b16-13-. The van der Waals surface area contributed by atoms with Crippen molar-refractivity contribution < 1.29 is 14.2 Å². The van der Waals surface area contributed by atoms with Gasteiger partial charge >= 0.3 is 0 Å². The highest BCUT2D eigenvalue weighted by Crippen LogP contribution is 2.28. The predicted octanol–water partition coefficient (Wildman–Crippen LogP) is 1.68. The summed E-state index contributed by atoms with van der Waals surface area (Å²) in [5.74, 6) is 7.24. The molecule has 0 radical (unpaired) electrons. The normalized spacial score (nSPS) is 14.8. The smallest absolute Gasteiger partial charge is 0.162 e. The lowest BCUT2D eigenvalue weighted by atomic mass is 10.1. The monoisotopic (exact) mass is 425 g/mol. The Labute approximate surface area is 178 Å². The molecule has 2 aromatic heterocycles. The number of hydrogen-bond donors (Lipinski definition) is 3. The second kappa shape index (κ2) is 9.11. The average molecular weight is 425 g/mol. The molecule has 4 rings (SSSR count). The number of halogens is 1. The number of ether oxygens (including phenoxy) is 1. The van der Waals surface area contributed by atoms with Crippen LogP contribution in [0.4, 0.5) is 10.2 Å². The Balaban J connectivity index is 1.77. The van der Waals surface area contributed by atoms with Crippen LogP contribution in [0.5, 0.6) is 5.75 Å². The van der Waals surface area contributed by atoms with Gasteiger partial charge in [0.05, 0.1) is 31.0 Å². The fourth-order valence-corrected chi connectivity index (χ4v) is 3.40. The summed E-state index contributed by atoms with van der Waals surface area (Å²) in [4.78, 5) is 16.2. The number of hydrazine groups is 1. The van der Waals surface area contributed by atoms with E-state index in [0.29, 0.717) is 54.5 Å². The minimum absolute atomic E-state index is 0.0411. The van der Waals surface area contributed by atoms with Gasteiger partial charge in [-0.1, -0.05) is 12.1 Å². The maximum Gasteiger partial charge on any atom is 0.162 e. The van der Waals surface area contributed by atoms with E-state index < -0.39 is 6.67 Å². The molecule has 0 aliphatic carbocycles. The van der Waals surface area contributed by atoms with Gasteiger partial charge in [-0.05, 0) is 23.8 Å². The van der Waals surface area contributed by atoms with Crippen LogP contribution in [0.3, 0.4) is 0 Å². The maximum absolute atomic E-state index is 12.6. The quantitative estimate of drug-likeness (QED) is 0.399. The minimum Gasteiger partial charge on any atom is -0.508 e. The number of nitrogens with two attached hydrogens (primary N) is 2. The van der Waals surface area contributed by atoms with Gasteiger partial charge in [-0.2, -0.15) is 0 Å². The Morgan fingerprint density at radius 2 is 2.06 bits per heavy atom. The van der Waals surface area contributed by atoms with E-state index in [4.69, 9.17) is 21.3 Å². The Bertz CT molecular complexity index is 1100. The summed E-state index contributed by atoms with van der Waals surface area (Å²) in [7, 11) is 0. The number of aromatic hydroxyl groups is 1. The number of allylic oxidation sites excluding steroid dienone is 1. The third-order valence-corrected chi connectivity index (χ3v) is 4.84. The van der Waals surface area contributed by atoms with Crippen molar-refractivity contribution in [2.45, 2.75) is 6.54 Å². The van der Waals surface area contributed by atoms with Gasteiger partial charge in [0.15, 0.2) is 11.6 Å². The highest BCUT2D eigenvalue weighted by Gasteiger charge is 2.19. The van der Waals surface area contributed by atoms with Crippen LogP contribution in [0.25, 0.3) is 22.4 Å². The van der Waals surface area contributed by atoms with Gasteiger partial charge in [0, 0.05) is 31.0 Å². The van der Waals surface area contributed by atoms with Gasteiger partial charge < -0.3 is 25.5 Å². The molecule has 0 bridgehead atoms. The Morgan fingerprint density at radius 1 is 1.26 bits per heavy atom. The SMILES string of the molecule is N/C(=C\N(N)Cc1cnc2c(N3CCOCC3)nc(-c3cccc(O)c3)nc2c1)CF. The Kier molecular flexibility index (Phi) is 6.10. The number of benzene rings is 1. The first-order valence-electron chi connectivity index (χ1n) is 9.85. The summed E-state index contributed by atoms with van der Waals surface area (Å²) >= 11 is 0. The molecule has 1 aromatic carbocycles. The summed E-state index contributed by atoms with van der Waals surface area (Å²) < 4.78 is 18.1. The van der Waals surface area contributed by atoms with Crippen molar-refractivity contribution in [3.8, 4) is 17.1 Å². The number of alkyl halides is 1. The van der Waals surface area contributed by atoms with Crippen molar-refractivity contribution in [3.05, 3.63) is 54.0 Å². The predicted molar refractivity (Wildman–Crippen MR) is 115 cm³/mol. The van der Waals surface area contributed by atoms with Crippen molar-refractivity contribution in [1.82, 2.24) is 20.0 Å². The molecule has 1 fully saturated rings. The molecular formula is C21H24FN7O2. The van der Waals surface area contributed by atoms with Gasteiger partial charge in [0.2, 0.25) is 0 Å². The fourth-order valence-electron chi connectivity index (χ4n) is 3.40. The van der Waals surface area contributed by atoms with E-state index in [1.54, 1.807) is 24.4 Å². The molecule has 0 amide bonds. The van der Waals surface area contributed by atoms with Crippen molar-refractivity contribution in [2.24, 2.45) is 11.6 Å². The third kappa shape index (κ3) is 4.81. The van der Waals surface area contributed by atoms with Gasteiger partial charge in [0.1, 0.15) is 17.9 Å².